The molecule has 1 saturated carbocycles. The first kappa shape index (κ1) is 14.5. The van der Waals surface area contributed by atoms with E-state index in [0.717, 1.165) is 18.6 Å². The van der Waals surface area contributed by atoms with Gasteiger partial charge in [-0.3, -0.25) is 4.79 Å². The van der Waals surface area contributed by atoms with Crippen molar-refractivity contribution in [1.29, 1.82) is 0 Å². The molecule has 1 saturated heterocycles. The number of hydrogen-bond acceptors (Lipinski definition) is 3. The van der Waals surface area contributed by atoms with E-state index in [1.807, 2.05) is 13.2 Å². The summed E-state index contributed by atoms with van der Waals surface area (Å²) in [6.45, 7) is 2.92. The number of rotatable bonds is 4. The molecule has 1 unspecified atom stereocenters. The van der Waals surface area contributed by atoms with Crippen LogP contribution in [0.25, 0.3) is 0 Å². The van der Waals surface area contributed by atoms with E-state index in [1.165, 1.54) is 0 Å². The zero-order valence-electron chi connectivity index (χ0n) is 11.5. The Hall–Kier alpha value is -0.910. The number of likely N-dealkylation sites (tertiary alicyclic amines) is 1. The predicted octanol–water partition coefficient (Wildman–Crippen LogP) is 1.63. The summed E-state index contributed by atoms with van der Waals surface area (Å²) in [4.78, 5) is 25.4. The molecule has 19 heavy (non-hydrogen) atoms. The minimum atomic E-state index is -0.734. The number of hydrogen-bond donors (Lipinski definition) is 2. The molecule has 2 rings (SSSR count). The summed E-state index contributed by atoms with van der Waals surface area (Å²) in [6, 6.07) is 0.000272. The second kappa shape index (κ2) is 5.61. The number of amides is 2. The predicted molar refractivity (Wildman–Crippen MR) is 75.4 cm³/mol. The van der Waals surface area contributed by atoms with E-state index in [1.54, 1.807) is 16.7 Å². The third kappa shape index (κ3) is 2.68. The maximum atomic E-state index is 12.1. The van der Waals surface area contributed by atoms with Crippen LogP contribution in [0.5, 0.6) is 0 Å². The number of carboxylic acids is 1. The van der Waals surface area contributed by atoms with Crippen LogP contribution in [0.3, 0.4) is 0 Å². The molecule has 0 aromatic rings. The van der Waals surface area contributed by atoms with Crippen molar-refractivity contribution in [3.63, 3.8) is 0 Å². The summed E-state index contributed by atoms with van der Waals surface area (Å²) in [5.41, 5.74) is -0.680. The van der Waals surface area contributed by atoms with Gasteiger partial charge in [-0.25, -0.2) is 4.79 Å². The van der Waals surface area contributed by atoms with Gasteiger partial charge in [0.05, 0.1) is 5.41 Å². The number of thioether (sulfide) groups is 1. The molecule has 0 spiro atoms. The number of carbonyl (C=O) groups is 2. The van der Waals surface area contributed by atoms with Crippen LogP contribution in [-0.4, -0.2) is 53.1 Å². The number of carboxylic acid groups (broad SMARTS) is 1. The Labute approximate surface area is 118 Å². The highest BCUT2D eigenvalue weighted by Crippen LogP contribution is 2.48. The van der Waals surface area contributed by atoms with Crippen LogP contribution in [0.1, 0.15) is 26.2 Å². The molecule has 108 valence electrons. The number of fused-ring (bicyclic) bond motifs is 1. The van der Waals surface area contributed by atoms with Gasteiger partial charge in [-0.05, 0) is 31.9 Å². The first-order valence-electron chi connectivity index (χ1n) is 6.77. The summed E-state index contributed by atoms with van der Waals surface area (Å²) >= 11 is 1.69. The van der Waals surface area contributed by atoms with E-state index in [4.69, 9.17) is 0 Å². The van der Waals surface area contributed by atoms with Gasteiger partial charge in [0.15, 0.2) is 0 Å². The fourth-order valence-electron chi connectivity index (χ4n) is 3.39. The lowest BCUT2D eigenvalue weighted by Crippen LogP contribution is -2.45. The Bertz CT molecular complexity index is 377. The molecule has 0 radical (unpaired) electrons. The molecule has 1 aliphatic carbocycles. The first-order chi connectivity index (χ1) is 8.99. The molecule has 2 aliphatic rings. The molecule has 5 nitrogen and oxygen atoms in total. The standard InChI is InChI=1S/C13H22N2O3S/c1-9(7-19-2)14-12(18)15-6-10-4-3-5-13(10,8-15)11(16)17/h9-10H,3-8H2,1-2H3,(H,14,18)(H,16,17)/t9?,10-,13+/m0/s1. The Kier molecular flexibility index (Phi) is 4.28. The highest BCUT2D eigenvalue weighted by molar-refractivity contribution is 7.98. The maximum absolute atomic E-state index is 12.1. The highest BCUT2D eigenvalue weighted by Gasteiger charge is 2.55. The van der Waals surface area contributed by atoms with Gasteiger partial charge in [-0.15, -0.1) is 0 Å². The van der Waals surface area contributed by atoms with Gasteiger partial charge in [-0.1, -0.05) is 6.42 Å². The molecular weight excluding hydrogens is 264 g/mol. The lowest BCUT2D eigenvalue weighted by Gasteiger charge is -2.24. The van der Waals surface area contributed by atoms with Gasteiger partial charge in [0.2, 0.25) is 0 Å². The van der Waals surface area contributed by atoms with Crippen molar-refractivity contribution in [2.45, 2.75) is 32.2 Å². The van der Waals surface area contributed by atoms with E-state index in [-0.39, 0.29) is 18.0 Å². The number of nitrogens with zero attached hydrogens (tertiary/aromatic N) is 1. The zero-order chi connectivity index (χ0) is 14.0. The lowest BCUT2D eigenvalue weighted by atomic mass is 9.81. The van der Waals surface area contributed by atoms with E-state index < -0.39 is 11.4 Å². The topological polar surface area (TPSA) is 69.6 Å². The van der Waals surface area contributed by atoms with Gasteiger partial charge in [0, 0.05) is 24.9 Å². The molecule has 0 aromatic carbocycles. The Balaban J connectivity index is 1.98. The number of carbonyl (C=O) groups excluding carboxylic acids is 1. The van der Waals surface area contributed by atoms with Crippen molar-refractivity contribution in [2.75, 3.05) is 25.1 Å². The third-order valence-corrected chi connectivity index (χ3v) is 5.20. The van der Waals surface area contributed by atoms with E-state index in [0.29, 0.717) is 19.5 Å². The van der Waals surface area contributed by atoms with Crippen molar-refractivity contribution < 1.29 is 14.7 Å². The van der Waals surface area contributed by atoms with Gasteiger partial charge in [0.1, 0.15) is 0 Å². The summed E-state index contributed by atoms with van der Waals surface area (Å²) in [7, 11) is 0. The second-order valence-corrected chi connectivity index (χ2v) is 6.65. The largest absolute Gasteiger partial charge is 0.481 e. The van der Waals surface area contributed by atoms with Crippen LogP contribution in [0, 0.1) is 11.3 Å². The maximum Gasteiger partial charge on any atom is 0.317 e. The molecule has 0 bridgehead atoms. The molecular formula is C13H22N2O3S. The van der Waals surface area contributed by atoms with Crippen LogP contribution in [0.4, 0.5) is 4.79 Å². The van der Waals surface area contributed by atoms with Gasteiger partial charge >= 0.3 is 12.0 Å². The molecule has 3 atom stereocenters. The number of nitrogens with one attached hydrogen (secondary N) is 1. The smallest absolute Gasteiger partial charge is 0.317 e. The molecule has 1 aliphatic heterocycles. The van der Waals surface area contributed by atoms with Crippen molar-refractivity contribution in [3.8, 4) is 0 Å². The molecule has 2 amide bonds. The molecule has 2 N–H and O–H groups in total. The van der Waals surface area contributed by atoms with Gasteiger partial charge < -0.3 is 15.3 Å². The van der Waals surface area contributed by atoms with Gasteiger partial charge in [-0.2, -0.15) is 11.8 Å². The van der Waals surface area contributed by atoms with Crippen LogP contribution in [-0.2, 0) is 4.79 Å². The first-order valence-corrected chi connectivity index (χ1v) is 8.17. The zero-order valence-corrected chi connectivity index (χ0v) is 12.3. The summed E-state index contributed by atoms with van der Waals surface area (Å²) in [6.07, 6.45) is 4.60. The minimum absolute atomic E-state index is 0.114. The highest BCUT2D eigenvalue weighted by atomic mass is 32.2. The average molecular weight is 286 g/mol. The van der Waals surface area contributed by atoms with Crippen LogP contribution in [0.2, 0.25) is 0 Å². The van der Waals surface area contributed by atoms with E-state index >= 15 is 0 Å². The Morgan fingerprint density at radius 1 is 1.58 bits per heavy atom. The molecule has 1 heterocycles. The Morgan fingerprint density at radius 2 is 2.32 bits per heavy atom. The van der Waals surface area contributed by atoms with Crippen LogP contribution in [0.15, 0.2) is 0 Å². The Morgan fingerprint density at radius 3 is 2.89 bits per heavy atom. The molecule has 0 aromatic heterocycles. The number of aliphatic carboxylic acids is 1. The number of urea groups is 1. The van der Waals surface area contributed by atoms with Crippen LogP contribution < -0.4 is 5.32 Å². The van der Waals surface area contributed by atoms with Crippen LogP contribution >= 0.6 is 11.8 Å². The van der Waals surface area contributed by atoms with Crippen molar-refractivity contribution in [3.05, 3.63) is 0 Å². The quantitative estimate of drug-likeness (QED) is 0.824. The van der Waals surface area contributed by atoms with E-state index in [2.05, 4.69) is 5.32 Å². The van der Waals surface area contributed by atoms with E-state index in [9.17, 15) is 14.7 Å². The fraction of sp³-hybridized carbons (Fsp3) is 0.846. The second-order valence-electron chi connectivity index (χ2n) is 5.74. The van der Waals surface area contributed by atoms with Crippen molar-refractivity contribution >= 4 is 23.8 Å². The van der Waals surface area contributed by atoms with Crippen molar-refractivity contribution in [2.24, 2.45) is 11.3 Å². The SMILES string of the molecule is CSCC(C)NC(=O)N1C[C@@H]2CCC[C@@]2(C(=O)O)C1. The summed E-state index contributed by atoms with van der Waals surface area (Å²) in [5, 5.41) is 12.4. The van der Waals surface area contributed by atoms with Gasteiger partial charge in [0.25, 0.3) is 0 Å². The third-order valence-electron chi connectivity index (χ3n) is 4.37. The summed E-state index contributed by atoms with van der Waals surface area (Å²) < 4.78 is 0. The molecule has 6 heteroatoms. The minimum Gasteiger partial charge on any atom is -0.481 e. The monoisotopic (exact) mass is 286 g/mol. The average Bonchev–Trinajstić information content (AvgIpc) is 2.85. The fourth-order valence-corrected chi connectivity index (χ4v) is 3.97. The van der Waals surface area contributed by atoms with Crippen molar-refractivity contribution in [1.82, 2.24) is 10.2 Å². The summed E-state index contributed by atoms with van der Waals surface area (Å²) in [5.74, 6) is 0.265. The lowest BCUT2D eigenvalue weighted by molar-refractivity contribution is -0.149. The normalized spacial score (nSPS) is 31.1. The molecule has 2 fully saturated rings.